The van der Waals surface area contributed by atoms with Crippen LogP contribution in [-0.2, 0) is 6.54 Å². The zero-order chi connectivity index (χ0) is 15.0. The molecule has 0 bridgehead atoms. The molecule has 1 heterocycles. The molecule has 0 fully saturated rings. The molecule has 0 aliphatic rings. The van der Waals surface area contributed by atoms with Gasteiger partial charge in [0.2, 0.25) is 0 Å². The van der Waals surface area contributed by atoms with Crippen LogP contribution in [0, 0.1) is 11.8 Å². The normalized spacial score (nSPS) is 11.6. The van der Waals surface area contributed by atoms with E-state index in [2.05, 4.69) is 47.9 Å². The molecule has 0 amide bonds. The smallest absolute Gasteiger partial charge is 0.144 e. The lowest BCUT2D eigenvalue weighted by atomic mass is 10.1. The van der Waals surface area contributed by atoms with Crippen LogP contribution in [0.2, 0.25) is 0 Å². The average molecular weight is 278 g/mol. The number of rotatable bonds is 9. The Hall–Kier alpha value is -1.16. The standard InChI is InChI=1S/C16H30N4/c1-13(2)6-8-20(9-7-14(3)4)12-15-10-19-16(17-5)11-18-15/h10-11,13-14H,6-9,12H2,1-5H3,(H,17,19). The van der Waals surface area contributed by atoms with Crippen LogP contribution in [0.3, 0.4) is 0 Å². The van der Waals surface area contributed by atoms with Gasteiger partial charge in [-0.15, -0.1) is 0 Å². The van der Waals surface area contributed by atoms with E-state index >= 15 is 0 Å². The number of anilines is 1. The van der Waals surface area contributed by atoms with Gasteiger partial charge in [0, 0.05) is 13.6 Å². The van der Waals surface area contributed by atoms with Gasteiger partial charge in [-0.05, 0) is 37.8 Å². The molecule has 20 heavy (non-hydrogen) atoms. The van der Waals surface area contributed by atoms with Crippen molar-refractivity contribution >= 4 is 5.82 Å². The summed E-state index contributed by atoms with van der Waals surface area (Å²) in [6.45, 7) is 12.3. The highest BCUT2D eigenvalue weighted by molar-refractivity contribution is 5.29. The SMILES string of the molecule is CNc1cnc(CN(CCC(C)C)CCC(C)C)cn1. The fourth-order valence-corrected chi connectivity index (χ4v) is 1.95. The Kier molecular flexibility index (Phi) is 7.52. The zero-order valence-electron chi connectivity index (χ0n) is 13.7. The van der Waals surface area contributed by atoms with Gasteiger partial charge in [0.15, 0.2) is 0 Å². The van der Waals surface area contributed by atoms with Crippen LogP contribution in [0.25, 0.3) is 0 Å². The fraction of sp³-hybridized carbons (Fsp3) is 0.750. The number of nitrogens with one attached hydrogen (secondary N) is 1. The predicted molar refractivity (Wildman–Crippen MR) is 85.8 cm³/mol. The van der Waals surface area contributed by atoms with Crippen LogP contribution in [0.4, 0.5) is 5.82 Å². The maximum absolute atomic E-state index is 4.48. The number of hydrogen-bond donors (Lipinski definition) is 1. The average Bonchev–Trinajstić information content (AvgIpc) is 2.42. The van der Waals surface area contributed by atoms with Crippen molar-refractivity contribution in [1.29, 1.82) is 0 Å². The third-order valence-electron chi connectivity index (χ3n) is 3.39. The summed E-state index contributed by atoms with van der Waals surface area (Å²) in [7, 11) is 1.86. The number of nitrogens with zero attached hydrogens (tertiary/aromatic N) is 3. The molecule has 0 saturated heterocycles. The van der Waals surface area contributed by atoms with Crippen LogP contribution in [0.5, 0.6) is 0 Å². The summed E-state index contributed by atoms with van der Waals surface area (Å²) >= 11 is 0. The highest BCUT2D eigenvalue weighted by Crippen LogP contribution is 2.10. The summed E-state index contributed by atoms with van der Waals surface area (Å²) in [4.78, 5) is 11.3. The lowest BCUT2D eigenvalue weighted by Gasteiger charge is -2.23. The first-order valence-electron chi connectivity index (χ1n) is 7.72. The Morgan fingerprint density at radius 2 is 1.60 bits per heavy atom. The second kappa shape index (κ2) is 8.90. The van der Waals surface area contributed by atoms with Gasteiger partial charge in [0.25, 0.3) is 0 Å². The molecule has 0 aliphatic carbocycles. The molecule has 0 saturated carbocycles. The van der Waals surface area contributed by atoms with E-state index in [0.717, 1.165) is 43.0 Å². The lowest BCUT2D eigenvalue weighted by molar-refractivity contribution is 0.233. The Labute approximate surface area is 124 Å². The minimum atomic E-state index is 0.745. The Morgan fingerprint density at radius 1 is 1.00 bits per heavy atom. The second-order valence-corrected chi connectivity index (χ2v) is 6.28. The van der Waals surface area contributed by atoms with E-state index < -0.39 is 0 Å². The Morgan fingerprint density at radius 3 is 2.00 bits per heavy atom. The van der Waals surface area contributed by atoms with E-state index in [1.165, 1.54) is 12.8 Å². The molecule has 1 N–H and O–H groups in total. The molecule has 0 spiro atoms. The van der Waals surface area contributed by atoms with Gasteiger partial charge in [0.1, 0.15) is 5.82 Å². The summed E-state index contributed by atoms with van der Waals surface area (Å²) in [6, 6.07) is 0. The molecule has 1 aromatic rings. The maximum Gasteiger partial charge on any atom is 0.144 e. The number of aromatic nitrogens is 2. The third kappa shape index (κ3) is 6.85. The van der Waals surface area contributed by atoms with Crippen LogP contribution >= 0.6 is 0 Å². The molecule has 0 radical (unpaired) electrons. The van der Waals surface area contributed by atoms with E-state index in [1.807, 2.05) is 13.2 Å². The first-order chi connectivity index (χ1) is 9.51. The second-order valence-electron chi connectivity index (χ2n) is 6.28. The quantitative estimate of drug-likeness (QED) is 0.751. The molecular weight excluding hydrogens is 248 g/mol. The molecule has 1 aromatic heterocycles. The predicted octanol–water partition coefficient (Wildman–Crippen LogP) is 3.41. The van der Waals surface area contributed by atoms with Gasteiger partial charge in [-0.3, -0.25) is 9.88 Å². The highest BCUT2D eigenvalue weighted by Gasteiger charge is 2.09. The van der Waals surface area contributed by atoms with Crippen molar-refractivity contribution in [3.8, 4) is 0 Å². The van der Waals surface area contributed by atoms with Gasteiger partial charge >= 0.3 is 0 Å². The molecule has 1 rings (SSSR count). The van der Waals surface area contributed by atoms with Gasteiger partial charge in [-0.25, -0.2) is 4.98 Å². The van der Waals surface area contributed by atoms with Gasteiger partial charge in [0.05, 0.1) is 18.1 Å². The number of hydrogen-bond acceptors (Lipinski definition) is 4. The van der Waals surface area contributed by atoms with Crippen molar-refractivity contribution in [1.82, 2.24) is 14.9 Å². The first-order valence-corrected chi connectivity index (χ1v) is 7.72. The molecule has 0 aromatic carbocycles. The van der Waals surface area contributed by atoms with Crippen molar-refractivity contribution in [2.24, 2.45) is 11.8 Å². The van der Waals surface area contributed by atoms with Crippen LogP contribution < -0.4 is 5.32 Å². The highest BCUT2D eigenvalue weighted by atomic mass is 15.1. The van der Waals surface area contributed by atoms with Gasteiger partial charge < -0.3 is 5.32 Å². The molecular formula is C16H30N4. The van der Waals surface area contributed by atoms with Crippen molar-refractivity contribution in [3.05, 3.63) is 18.1 Å². The van der Waals surface area contributed by atoms with E-state index in [-0.39, 0.29) is 0 Å². The van der Waals surface area contributed by atoms with Crippen molar-refractivity contribution in [2.45, 2.75) is 47.1 Å². The zero-order valence-corrected chi connectivity index (χ0v) is 13.7. The molecule has 0 aliphatic heterocycles. The van der Waals surface area contributed by atoms with E-state index in [4.69, 9.17) is 0 Å². The largest absolute Gasteiger partial charge is 0.372 e. The third-order valence-corrected chi connectivity index (χ3v) is 3.39. The molecule has 114 valence electrons. The molecule has 4 heteroatoms. The van der Waals surface area contributed by atoms with E-state index in [9.17, 15) is 0 Å². The maximum atomic E-state index is 4.48. The minimum absolute atomic E-state index is 0.745. The Balaban J connectivity index is 2.56. The molecule has 0 atom stereocenters. The molecule has 4 nitrogen and oxygen atoms in total. The van der Waals surface area contributed by atoms with E-state index in [0.29, 0.717) is 0 Å². The van der Waals surface area contributed by atoms with Crippen LogP contribution in [-0.4, -0.2) is 35.0 Å². The minimum Gasteiger partial charge on any atom is -0.372 e. The molecule has 0 unspecified atom stereocenters. The van der Waals surface area contributed by atoms with Crippen LogP contribution in [0.1, 0.15) is 46.2 Å². The lowest BCUT2D eigenvalue weighted by Crippen LogP contribution is -2.27. The van der Waals surface area contributed by atoms with Crippen molar-refractivity contribution in [3.63, 3.8) is 0 Å². The van der Waals surface area contributed by atoms with Crippen molar-refractivity contribution in [2.75, 3.05) is 25.5 Å². The van der Waals surface area contributed by atoms with Crippen molar-refractivity contribution < 1.29 is 0 Å². The van der Waals surface area contributed by atoms with E-state index in [1.54, 1.807) is 6.20 Å². The summed E-state index contributed by atoms with van der Waals surface area (Å²) in [5.74, 6) is 2.31. The summed E-state index contributed by atoms with van der Waals surface area (Å²) in [5, 5.41) is 3.00. The monoisotopic (exact) mass is 278 g/mol. The van der Waals surface area contributed by atoms with Crippen LogP contribution in [0.15, 0.2) is 12.4 Å². The summed E-state index contributed by atoms with van der Waals surface area (Å²) in [6.07, 6.45) is 6.15. The Bertz CT molecular complexity index is 347. The van der Waals surface area contributed by atoms with Gasteiger partial charge in [-0.2, -0.15) is 0 Å². The summed E-state index contributed by atoms with van der Waals surface area (Å²) < 4.78 is 0. The summed E-state index contributed by atoms with van der Waals surface area (Å²) in [5.41, 5.74) is 1.05. The fourth-order valence-electron chi connectivity index (χ4n) is 1.95. The van der Waals surface area contributed by atoms with Gasteiger partial charge in [-0.1, -0.05) is 27.7 Å². The first kappa shape index (κ1) is 16.9. The topological polar surface area (TPSA) is 41.1 Å².